The second-order valence-corrected chi connectivity index (χ2v) is 5.99. The van der Waals surface area contributed by atoms with Gasteiger partial charge in [0.25, 0.3) is 0 Å². The maximum absolute atomic E-state index is 13.6. The highest BCUT2D eigenvalue weighted by atomic mass is 19.1. The van der Waals surface area contributed by atoms with E-state index in [1.54, 1.807) is 16.9 Å². The molecule has 128 valence electrons. The molecule has 0 aliphatic rings. The van der Waals surface area contributed by atoms with Gasteiger partial charge < -0.3 is 5.32 Å². The van der Waals surface area contributed by atoms with Gasteiger partial charge in [-0.3, -0.25) is 9.48 Å². The summed E-state index contributed by atoms with van der Waals surface area (Å²) in [5.74, 6) is -0.398. The van der Waals surface area contributed by atoms with Crippen molar-refractivity contribution in [2.75, 3.05) is 0 Å². The fourth-order valence-corrected chi connectivity index (χ4v) is 2.78. The second kappa shape index (κ2) is 7.75. The summed E-state index contributed by atoms with van der Waals surface area (Å²) in [5.41, 5.74) is 2.66. The zero-order valence-electron chi connectivity index (χ0n) is 14.0. The van der Waals surface area contributed by atoms with Crippen LogP contribution in [-0.4, -0.2) is 15.7 Å². The Morgan fingerprint density at radius 2 is 1.92 bits per heavy atom. The Kier molecular flexibility index (Phi) is 5.23. The number of amides is 1. The number of aryl methyl sites for hydroxylation is 2. The van der Waals surface area contributed by atoms with Crippen molar-refractivity contribution in [2.45, 2.75) is 18.9 Å². The summed E-state index contributed by atoms with van der Waals surface area (Å²) in [6.07, 6.45) is 4.62. The third-order valence-corrected chi connectivity index (χ3v) is 4.02. The number of carbonyl (C=O) groups is 1. The van der Waals surface area contributed by atoms with Crippen LogP contribution in [0.5, 0.6) is 0 Å². The smallest absolute Gasteiger partial charge is 0.221 e. The maximum Gasteiger partial charge on any atom is 0.221 e. The topological polar surface area (TPSA) is 46.9 Å². The van der Waals surface area contributed by atoms with E-state index in [1.165, 1.54) is 12.1 Å². The minimum absolute atomic E-state index is 0.0815. The molecule has 0 radical (unpaired) electrons. The first-order valence-corrected chi connectivity index (χ1v) is 8.19. The van der Waals surface area contributed by atoms with Crippen molar-refractivity contribution in [3.63, 3.8) is 0 Å². The highest BCUT2D eigenvalue weighted by Gasteiger charge is 2.17. The molecule has 2 aromatic carbocycles. The lowest BCUT2D eigenvalue weighted by Crippen LogP contribution is -2.29. The summed E-state index contributed by atoms with van der Waals surface area (Å²) in [5, 5.41) is 7.12. The van der Waals surface area contributed by atoms with Gasteiger partial charge in [-0.15, -0.1) is 0 Å². The molecule has 3 rings (SSSR count). The summed E-state index contributed by atoms with van der Waals surface area (Å²) in [4.78, 5) is 12.4. The van der Waals surface area contributed by atoms with Crippen LogP contribution in [0.1, 0.15) is 29.2 Å². The molecule has 0 spiro atoms. The SMILES string of the molecule is Cn1cc(CCC(=O)N[C@H](c2ccccc2)c2cccc(F)c2)cn1. The molecule has 1 N–H and O–H groups in total. The van der Waals surface area contributed by atoms with Crippen molar-refractivity contribution in [3.05, 3.63) is 89.5 Å². The van der Waals surface area contributed by atoms with Gasteiger partial charge in [0.1, 0.15) is 5.82 Å². The molecular formula is C20H20FN3O. The standard InChI is InChI=1S/C20H20FN3O/c1-24-14-15(13-22-24)10-11-19(25)23-20(16-6-3-2-4-7-16)17-8-5-9-18(21)12-17/h2-9,12-14,20H,10-11H2,1H3,(H,23,25)/t20-/m1/s1. The lowest BCUT2D eigenvalue weighted by molar-refractivity contribution is -0.121. The summed E-state index contributed by atoms with van der Waals surface area (Å²) in [7, 11) is 1.85. The molecular weight excluding hydrogens is 317 g/mol. The van der Waals surface area contributed by atoms with E-state index >= 15 is 0 Å². The number of hydrogen-bond donors (Lipinski definition) is 1. The monoisotopic (exact) mass is 337 g/mol. The molecule has 0 saturated carbocycles. The Bertz CT molecular complexity index is 845. The lowest BCUT2D eigenvalue weighted by Gasteiger charge is -2.20. The summed E-state index contributed by atoms with van der Waals surface area (Å²) in [6, 6.07) is 15.5. The molecule has 3 aromatic rings. The van der Waals surface area contributed by atoms with E-state index in [0.717, 1.165) is 16.7 Å². The third-order valence-electron chi connectivity index (χ3n) is 4.02. The molecule has 0 aliphatic heterocycles. The minimum Gasteiger partial charge on any atom is -0.345 e. The van der Waals surface area contributed by atoms with E-state index in [4.69, 9.17) is 0 Å². The number of benzene rings is 2. The molecule has 1 heterocycles. The molecule has 1 aromatic heterocycles. The van der Waals surface area contributed by atoms with Crippen molar-refractivity contribution in [2.24, 2.45) is 7.05 Å². The van der Waals surface area contributed by atoms with Gasteiger partial charge in [0.05, 0.1) is 12.2 Å². The molecule has 4 nitrogen and oxygen atoms in total. The second-order valence-electron chi connectivity index (χ2n) is 5.99. The van der Waals surface area contributed by atoms with Crippen LogP contribution in [0.4, 0.5) is 4.39 Å². The van der Waals surface area contributed by atoms with E-state index < -0.39 is 0 Å². The molecule has 0 aliphatic carbocycles. The minimum atomic E-state index is -0.377. The number of halogens is 1. The average Bonchev–Trinajstić information content (AvgIpc) is 3.04. The number of nitrogens with one attached hydrogen (secondary N) is 1. The zero-order chi connectivity index (χ0) is 17.6. The van der Waals surface area contributed by atoms with Crippen molar-refractivity contribution < 1.29 is 9.18 Å². The van der Waals surface area contributed by atoms with Gasteiger partial charge in [-0.1, -0.05) is 42.5 Å². The summed E-state index contributed by atoms with van der Waals surface area (Å²) < 4.78 is 15.3. The highest BCUT2D eigenvalue weighted by Crippen LogP contribution is 2.23. The zero-order valence-corrected chi connectivity index (χ0v) is 14.0. The van der Waals surface area contributed by atoms with Gasteiger partial charge in [-0.25, -0.2) is 4.39 Å². The first kappa shape index (κ1) is 16.9. The lowest BCUT2D eigenvalue weighted by atomic mass is 9.98. The number of nitrogens with zero attached hydrogens (tertiary/aromatic N) is 2. The van der Waals surface area contributed by atoms with Crippen molar-refractivity contribution in [1.29, 1.82) is 0 Å². The Morgan fingerprint density at radius 3 is 2.60 bits per heavy atom. The molecule has 0 bridgehead atoms. The molecule has 0 unspecified atom stereocenters. The molecule has 0 saturated heterocycles. The van der Waals surface area contributed by atoms with Crippen LogP contribution < -0.4 is 5.32 Å². The van der Waals surface area contributed by atoms with E-state index in [9.17, 15) is 9.18 Å². The van der Waals surface area contributed by atoms with Gasteiger partial charge >= 0.3 is 0 Å². The Hall–Kier alpha value is -2.95. The van der Waals surface area contributed by atoms with Crippen molar-refractivity contribution >= 4 is 5.91 Å². The predicted octanol–water partition coefficient (Wildman–Crippen LogP) is 3.40. The Balaban J connectivity index is 1.74. The molecule has 5 heteroatoms. The van der Waals surface area contributed by atoms with Gasteiger partial charge in [-0.05, 0) is 35.2 Å². The van der Waals surface area contributed by atoms with Crippen LogP contribution >= 0.6 is 0 Å². The fraction of sp³-hybridized carbons (Fsp3) is 0.200. The number of hydrogen-bond acceptors (Lipinski definition) is 2. The first-order chi connectivity index (χ1) is 12.1. The average molecular weight is 337 g/mol. The van der Waals surface area contributed by atoms with Crippen molar-refractivity contribution in [3.8, 4) is 0 Å². The Labute approximate surface area is 146 Å². The van der Waals surface area contributed by atoms with E-state index in [2.05, 4.69) is 10.4 Å². The summed E-state index contributed by atoms with van der Waals surface area (Å²) >= 11 is 0. The van der Waals surface area contributed by atoms with Gasteiger partial charge in [0.15, 0.2) is 0 Å². The van der Waals surface area contributed by atoms with Gasteiger partial charge in [0.2, 0.25) is 5.91 Å². The fourth-order valence-electron chi connectivity index (χ4n) is 2.78. The summed E-state index contributed by atoms with van der Waals surface area (Å²) in [6.45, 7) is 0. The number of rotatable bonds is 6. The van der Waals surface area contributed by atoms with Crippen LogP contribution in [0, 0.1) is 5.82 Å². The third kappa shape index (κ3) is 4.53. The van der Waals surface area contributed by atoms with Crippen LogP contribution in [0.3, 0.4) is 0 Å². The maximum atomic E-state index is 13.6. The van der Waals surface area contributed by atoms with Crippen LogP contribution in [0.15, 0.2) is 67.0 Å². The largest absolute Gasteiger partial charge is 0.345 e. The van der Waals surface area contributed by atoms with E-state index in [1.807, 2.05) is 49.6 Å². The quantitative estimate of drug-likeness (QED) is 0.749. The number of carbonyl (C=O) groups excluding carboxylic acids is 1. The van der Waals surface area contributed by atoms with Crippen LogP contribution in [-0.2, 0) is 18.3 Å². The molecule has 0 fully saturated rings. The van der Waals surface area contributed by atoms with E-state index in [0.29, 0.717) is 12.8 Å². The Morgan fingerprint density at radius 1 is 1.16 bits per heavy atom. The predicted molar refractivity (Wildman–Crippen MR) is 94.4 cm³/mol. The van der Waals surface area contributed by atoms with Gasteiger partial charge in [-0.2, -0.15) is 5.10 Å². The van der Waals surface area contributed by atoms with Crippen LogP contribution in [0.2, 0.25) is 0 Å². The molecule has 1 atom stereocenters. The van der Waals surface area contributed by atoms with Crippen molar-refractivity contribution in [1.82, 2.24) is 15.1 Å². The normalized spacial score (nSPS) is 11.9. The molecule has 1 amide bonds. The van der Waals surface area contributed by atoms with Crippen LogP contribution in [0.25, 0.3) is 0 Å². The van der Waals surface area contributed by atoms with Gasteiger partial charge in [0, 0.05) is 19.7 Å². The number of aromatic nitrogens is 2. The van der Waals surface area contributed by atoms with E-state index in [-0.39, 0.29) is 17.8 Å². The highest BCUT2D eigenvalue weighted by molar-refractivity contribution is 5.77. The molecule has 25 heavy (non-hydrogen) atoms. The first-order valence-electron chi connectivity index (χ1n) is 8.19.